The van der Waals surface area contributed by atoms with Crippen LogP contribution in [0, 0.1) is 11.7 Å². The fourth-order valence-electron chi connectivity index (χ4n) is 2.72. The first-order valence-electron chi connectivity index (χ1n) is 7.20. The van der Waals surface area contributed by atoms with Gasteiger partial charge in [-0.1, -0.05) is 6.92 Å². The molecular weight excluding hydrogens is 293 g/mol. The van der Waals surface area contributed by atoms with E-state index in [-0.39, 0.29) is 4.90 Å². The van der Waals surface area contributed by atoms with Gasteiger partial charge >= 0.3 is 0 Å². The van der Waals surface area contributed by atoms with Gasteiger partial charge in [-0.05, 0) is 50.0 Å². The lowest BCUT2D eigenvalue weighted by Gasteiger charge is -2.34. The van der Waals surface area contributed by atoms with E-state index in [1.54, 1.807) is 0 Å². The number of sulfonamides is 1. The molecule has 5 nitrogen and oxygen atoms in total. The van der Waals surface area contributed by atoms with E-state index in [0.29, 0.717) is 11.6 Å². The van der Waals surface area contributed by atoms with E-state index in [4.69, 9.17) is 5.14 Å². The molecule has 0 saturated carbocycles. The maximum absolute atomic E-state index is 14.2. The third kappa shape index (κ3) is 4.15. The largest absolute Gasteiger partial charge is 0.369 e. The van der Waals surface area contributed by atoms with Gasteiger partial charge in [-0.15, -0.1) is 0 Å². The highest BCUT2D eigenvalue weighted by Gasteiger charge is 2.22. The van der Waals surface area contributed by atoms with Gasteiger partial charge < -0.3 is 10.2 Å². The number of benzene rings is 1. The predicted octanol–water partition coefficient (Wildman–Crippen LogP) is 1.30. The van der Waals surface area contributed by atoms with Crippen LogP contribution in [0.1, 0.15) is 19.8 Å². The minimum atomic E-state index is -3.86. The molecule has 2 rings (SSSR count). The average Bonchev–Trinajstić information content (AvgIpc) is 2.44. The number of halogens is 1. The lowest BCUT2D eigenvalue weighted by molar-refractivity contribution is 0.393. The summed E-state index contributed by atoms with van der Waals surface area (Å²) in [5, 5.41) is 8.33. The van der Waals surface area contributed by atoms with Gasteiger partial charge in [0, 0.05) is 13.1 Å². The van der Waals surface area contributed by atoms with Crippen molar-refractivity contribution in [2.75, 3.05) is 31.1 Å². The van der Waals surface area contributed by atoms with Gasteiger partial charge in [0.2, 0.25) is 10.0 Å². The van der Waals surface area contributed by atoms with Crippen LogP contribution >= 0.6 is 0 Å². The molecular formula is C14H22FN3O2S. The average molecular weight is 315 g/mol. The van der Waals surface area contributed by atoms with Crippen LogP contribution in [0.25, 0.3) is 0 Å². The molecule has 0 radical (unpaired) electrons. The molecule has 0 bridgehead atoms. The summed E-state index contributed by atoms with van der Waals surface area (Å²) in [6.07, 6.45) is 2.13. The van der Waals surface area contributed by atoms with Crippen molar-refractivity contribution < 1.29 is 12.8 Å². The summed E-state index contributed by atoms with van der Waals surface area (Å²) in [6.45, 7) is 5.47. The Morgan fingerprint density at radius 3 is 2.86 bits per heavy atom. The first-order chi connectivity index (χ1) is 9.91. The molecule has 21 heavy (non-hydrogen) atoms. The van der Waals surface area contributed by atoms with Crippen LogP contribution in [0.2, 0.25) is 0 Å². The number of nitrogens with two attached hydrogens (primary N) is 1. The SMILES string of the molecule is CCNCC1CCCN(c2ccc(S(N)(=O)=O)cc2F)C1. The Bertz CT molecular complexity index is 592. The Hall–Kier alpha value is -1.18. The molecule has 0 aromatic heterocycles. The monoisotopic (exact) mass is 315 g/mol. The standard InChI is InChI=1S/C14H22FN3O2S/c1-2-17-9-11-4-3-7-18(10-11)14-6-5-12(8-13(14)15)21(16,19)20/h5-6,8,11,17H,2-4,7,9-10H2,1H3,(H2,16,19,20). The summed E-state index contributed by atoms with van der Waals surface area (Å²) >= 11 is 0. The summed E-state index contributed by atoms with van der Waals surface area (Å²) in [7, 11) is -3.86. The highest BCUT2D eigenvalue weighted by atomic mass is 32.2. The van der Waals surface area contributed by atoms with Crippen molar-refractivity contribution in [3.05, 3.63) is 24.0 Å². The third-order valence-corrected chi connectivity index (χ3v) is 4.70. The maximum Gasteiger partial charge on any atom is 0.238 e. The zero-order chi connectivity index (χ0) is 15.5. The zero-order valence-corrected chi connectivity index (χ0v) is 13.0. The smallest absolute Gasteiger partial charge is 0.238 e. The number of anilines is 1. The second-order valence-electron chi connectivity index (χ2n) is 5.42. The molecule has 3 N–H and O–H groups in total. The number of rotatable bonds is 5. The first-order valence-corrected chi connectivity index (χ1v) is 8.74. The lowest BCUT2D eigenvalue weighted by atomic mass is 9.97. The Labute approximate surface area is 125 Å². The summed E-state index contributed by atoms with van der Waals surface area (Å²) in [5.74, 6) is -0.0540. The van der Waals surface area contributed by atoms with Gasteiger partial charge in [-0.2, -0.15) is 0 Å². The quantitative estimate of drug-likeness (QED) is 0.859. The Morgan fingerprint density at radius 2 is 2.24 bits per heavy atom. The number of nitrogens with one attached hydrogen (secondary N) is 1. The van der Waals surface area contributed by atoms with Crippen molar-refractivity contribution in [1.29, 1.82) is 0 Å². The number of nitrogens with zero attached hydrogens (tertiary/aromatic N) is 1. The Morgan fingerprint density at radius 1 is 1.48 bits per heavy atom. The lowest BCUT2D eigenvalue weighted by Crippen LogP contribution is -2.40. The highest BCUT2D eigenvalue weighted by Crippen LogP contribution is 2.27. The van der Waals surface area contributed by atoms with Crippen LogP contribution in [0.4, 0.5) is 10.1 Å². The normalized spacial score (nSPS) is 19.8. The van der Waals surface area contributed by atoms with Crippen molar-refractivity contribution in [2.45, 2.75) is 24.7 Å². The van der Waals surface area contributed by atoms with Gasteiger partial charge in [0.1, 0.15) is 5.82 Å². The molecule has 1 atom stereocenters. The summed E-state index contributed by atoms with van der Waals surface area (Å²) in [5.41, 5.74) is 0.448. The van der Waals surface area contributed by atoms with E-state index in [9.17, 15) is 12.8 Å². The predicted molar refractivity (Wildman–Crippen MR) is 81.3 cm³/mol. The molecule has 7 heteroatoms. The fraction of sp³-hybridized carbons (Fsp3) is 0.571. The summed E-state index contributed by atoms with van der Waals surface area (Å²) < 4.78 is 36.6. The highest BCUT2D eigenvalue weighted by molar-refractivity contribution is 7.89. The van der Waals surface area contributed by atoms with E-state index >= 15 is 0 Å². The Balaban J connectivity index is 2.14. The van der Waals surface area contributed by atoms with Crippen molar-refractivity contribution in [1.82, 2.24) is 5.32 Å². The van der Waals surface area contributed by atoms with E-state index in [0.717, 1.165) is 45.1 Å². The molecule has 0 aliphatic carbocycles. The molecule has 1 aliphatic heterocycles. The van der Waals surface area contributed by atoms with Gasteiger partial charge in [-0.3, -0.25) is 0 Å². The molecule has 1 heterocycles. The molecule has 0 amide bonds. The van der Waals surface area contributed by atoms with Crippen LogP contribution in [0.15, 0.2) is 23.1 Å². The first kappa shape index (κ1) is 16.2. The minimum Gasteiger partial charge on any atom is -0.369 e. The minimum absolute atomic E-state index is 0.190. The van der Waals surface area contributed by atoms with Gasteiger partial charge in [0.15, 0.2) is 0 Å². The van der Waals surface area contributed by atoms with Crippen LogP contribution < -0.4 is 15.4 Å². The van der Waals surface area contributed by atoms with Gasteiger partial charge in [0.25, 0.3) is 0 Å². The van der Waals surface area contributed by atoms with Crippen molar-refractivity contribution in [2.24, 2.45) is 11.1 Å². The topological polar surface area (TPSA) is 75.4 Å². The summed E-state index contributed by atoms with van der Waals surface area (Å²) in [6, 6.07) is 3.87. The van der Waals surface area contributed by atoms with Crippen molar-refractivity contribution in [3.63, 3.8) is 0 Å². The number of primary sulfonamides is 1. The van der Waals surface area contributed by atoms with Gasteiger partial charge in [-0.25, -0.2) is 17.9 Å². The zero-order valence-electron chi connectivity index (χ0n) is 12.2. The molecule has 1 aromatic rings. The molecule has 0 spiro atoms. The number of hydrogen-bond donors (Lipinski definition) is 2. The van der Waals surface area contributed by atoms with E-state index in [1.807, 2.05) is 4.90 Å². The van der Waals surface area contributed by atoms with Gasteiger partial charge in [0.05, 0.1) is 10.6 Å². The maximum atomic E-state index is 14.2. The third-order valence-electron chi connectivity index (χ3n) is 3.79. The molecule has 1 fully saturated rings. The molecule has 1 aromatic carbocycles. The van der Waals surface area contributed by atoms with Crippen molar-refractivity contribution in [3.8, 4) is 0 Å². The second kappa shape index (κ2) is 6.72. The molecule has 118 valence electrons. The number of piperidine rings is 1. The van der Waals surface area contributed by atoms with E-state index in [2.05, 4.69) is 12.2 Å². The van der Waals surface area contributed by atoms with Crippen LogP contribution in [0.3, 0.4) is 0 Å². The molecule has 1 unspecified atom stereocenters. The van der Waals surface area contributed by atoms with Crippen LogP contribution in [-0.2, 0) is 10.0 Å². The molecule has 1 aliphatic rings. The Kier molecular flexibility index (Phi) is 5.18. The van der Waals surface area contributed by atoms with E-state index in [1.165, 1.54) is 12.1 Å². The van der Waals surface area contributed by atoms with Crippen LogP contribution in [-0.4, -0.2) is 34.6 Å². The second-order valence-corrected chi connectivity index (χ2v) is 6.98. The van der Waals surface area contributed by atoms with E-state index < -0.39 is 15.8 Å². The summed E-state index contributed by atoms with van der Waals surface area (Å²) in [4.78, 5) is 1.79. The fourth-order valence-corrected chi connectivity index (χ4v) is 3.25. The molecule has 1 saturated heterocycles. The number of hydrogen-bond acceptors (Lipinski definition) is 4. The van der Waals surface area contributed by atoms with Crippen molar-refractivity contribution >= 4 is 15.7 Å². The van der Waals surface area contributed by atoms with Crippen LogP contribution in [0.5, 0.6) is 0 Å².